The van der Waals surface area contributed by atoms with Gasteiger partial charge in [0.05, 0.1) is 6.21 Å². The molecule has 0 heterocycles. The molecule has 98 valence electrons. The van der Waals surface area contributed by atoms with Crippen molar-refractivity contribution in [2.24, 2.45) is 10.8 Å². The Morgan fingerprint density at radius 2 is 1.82 bits per heavy atom. The molecule has 0 aliphatic rings. The van der Waals surface area contributed by atoms with Crippen LogP contribution in [0.1, 0.15) is 0 Å². The fourth-order valence-electron chi connectivity index (χ4n) is 0.800. The van der Waals surface area contributed by atoms with Crippen LogP contribution in [-0.4, -0.2) is 67.2 Å². The lowest BCUT2D eigenvalue weighted by Gasteiger charge is -2.22. The lowest BCUT2D eigenvalue weighted by Crippen LogP contribution is -2.48. The first-order chi connectivity index (χ1) is 7.77. The monoisotopic (exact) mass is 267 g/mol. The van der Waals surface area contributed by atoms with Gasteiger partial charge in [-0.1, -0.05) is 0 Å². The first-order valence-corrected chi connectivity index (χ1v) is 4.72. The van der Waals surface area contributed by atoms with Gasteiger partial charge in [0.15, 0.2) is 11.2 Å². The number of rotatable bonds is 6. The molecule has 0 saturated carbocycles. The third-order valence-corrected chi connectivity index (χ3v) is 1.77. The van der Waals surface area contributed by atoms with Gasteiger partial charge in [-0.05, 0) is 12.2 Å². The largest absolute Gasteiger partial charge is 0.479 e. The average molecular weight is 267 g/mol. The highest BCUT2D eigenvalue weighted by molar-refractivity contribution is 7.80. The Bertz CT molecular complexity index is 312. The summed E-state index contributed by atoms with van der Waals surface area (Å²) in [6.45, 7) is 0. The van der Waals surface area contributed by atoms with Crippen LogP contribution in [0, 0.1) is 0 Å². The van der Waals surface area contributed by atoms with Gasteiger partial charge < -0.3 is 31.3 Å². The Morgan fingerprint density at radius 1 is 1.29 bits per heavy atom. The SMILES string of the molecule is NC(=S)N/N=C\[C@H](O)[C@H](O)[C@H](O)[C@H](O)C(=O)O. The molecule has 8 N–H and O–H groups in total. The molecule has 4 atom stereocenters. The predicted molar refractivity (Wildman–Crippen MR) is 60.1 cm³/mol. The third-order valence-electron chi connectivity index (χ3n) is 1.68. The molecule has 0 saturated heterocycles. The van der Waals surface area contributed by atoms with E-state index in [-0.39, 0.29) is 5.11 Å². The van der Waals surface area contributed by atoms with Crippen molar-refractivity contribution < 1.29 is 30.3 Å². The summed E-state index contributed by atoms with van der Waals surface area (Å²) in [5.74, 6) is -1.73. The highest BCUT2D eigenvalue weighted by Gasteiger charge is 2.33. The number of thiocarbonyl (C=S) groups is 1. The number of nitrogens with zero attached hydrogens (tertiary/aromatic N) is 1. The van der Waals surface area contributed by atoms with E-state index in [9.17, 15) is 15.0 Å². The minimum absolute atomic E-state index is 0.186. The normalized spacial score (nSPS) is 18.4. The molecule has 0 unspecified atom stereocenters. The summed E-state index contributed by atoms with van der Waals surface area (Å²) < 4.78 is 0. The molecule has 0 spiro atoms. The van der Waals surface area contributed by atoms with E-state index in [0.29, 0.717) is 0 Å². The Morgan fingerprint density at radius 3 is 2.24 bits per heavy atom. The van der Waals surface area contributed by atoms with E-state index in [0.717, 1.165) is 6.21 Å². The number of carboxylic acid groups (broad SMARTS) is 1. The van der Waals surface area contributed by atoms with E-state index in [1.54, 1.807) is 0 Å². The Kier molecular flexibility index (Phi) is 6.53. The second kappa shape index (κ2) is 7.09. The Balaban J connectivity index is 4.38. The number of nitrogens with two attached hydrogens (primary N) is 1. The van der Waals surface area contributed by atoms with Crippen molar-refractivity contribution in [3.63, 3.8) is 0 Å². The zero-order valence-electron chi connectivity index (χ0n) is 8.46. The standard InChI is InChI=1S/C7H13N3O6S/c8-7(17)10-9-1-2(11)3(12)4(13)5(14)6(15)16/h1-5,11-14H,(H,15,16)(H3,8,10,17)/b9-1-/t2-,3-,4-,5-/m0/s1. The first-order valence-electron chi connectivity index (χ1n) is 4.31. The van der Waals surface area contributed by atoms with Crippen molar-refractivity contribution in [2.45, 2.75) is 24.4 Å². The van der Waals surface area contributed by atoms with Gasteiger partial charge in [0.1, 0.15) is 18.3 Å². The highest BCUT2D eigenvalue weighted by Crippen LogP contribution is 2.04. The number of hydrazone groups is 1. The molecule has 0 aromatic heterocycles. The number of carbonyl (C=O) groups is 1. The second-order valence-electron chi connectivity index (χ2n) is 3.01. The fraction of sp³-hybridized carbons (Fsp3) is 0.571. The lowest BCUT2D eigenvalue weighted by atomic mass is 10.0. The number of aliphatic carboxylic acids is 1. The van der Waals surface area contributed by atoms with Crippen molar-refractivity contribution in [2.75, 3.05) is 0 Å². The zero-order chi connectivity index (χ0) is 13.6. The number of aliphatic hydroxyl groups is 4. The van der Waals surface area contributed by atoms with E-state index in [2.05, 4.69) is 22.7 Å². The second-order valence-corrected chi connectivity index (χ2v) is 3.45. The van der Waals surface area contributed by atoms with E-state index in [4.69, 9.17) is 21.1 Å². The summed E-state index contributed by atoms with van der Waals surface area (Å²) in [6.07, 6.45) is -7.20. The molecule has 0 aromatic rings. The molecule has 9 nitrogen and oxygen atoms in total. The molecule has 0 amide bonds. The predicted octanol–water partition coefficient (Wildman–Crippen LogP) is -3.67. The first kappa shape index (κ1) is 15.7. The van der Waals surface area contributed by atoms with Crippen molar-refractivity contribution in [3.8, 4) is 0 Å². The number of carboxylic acids is 1. The van der Waals surface area contributed by atoms with E-state index in [1.807, 2.05) is 0 Å². The van der Waals surface area contributed by atoms with Gasteiger partial charge in [-0.15, -0.1) is 0 Å². The quantitative estimate of drug-likeness (QED) is 0.146. The minimum atomic E-state index is -2.23. The summed E-state index contributed by atoms with van der Waals surface area (Å²) in [6, 6.07) is 0. The summed E-state index contributed by atoms with van der Waals surface area (Å²) in [5.41, 5.74) is 7.07. The summed E-state index contributed by atoms with van der Waals surface area (Å²) >= 11 is 4.38. The lowest BCUT2D eigenvalue weighted by molar-refractivity contribution is -0.160. The maximum Gasteiger partial charge on any atom is 0.335 e. The van der Waals surface area contributed by atoms with Gasteiger partial charge in [0.25, 0.3) is 0 Å². The van der Waals surface area contributed by atoms with Gasteiger partial charge in [0, 0.05) is 0 Å². The molecule has 17 heavy (non-hydrogen) atoms. The summed E-state index contributed by atoms with van der Waals surface area (Å²) in [4.78, 5) is 10.3. The van der Waals surface area contributed by atoms with Crippen LogP contribution in [0.5, 0.6) is 0 Å². The van der Waals surface area contributed by atoms with Crippen molar-refractivity contribution in [3.05, 3.63) is 0 Å². The van der Waals surface area contributed by atoms with Gasteiger partial charge in [-0.25, -0.2) is 4.79 Å². The van der Waals surface area contributed by atoms with Crippen molar-refractivity contribution >= 4 is 29.5 Å². The number of hydrogen-bond donors (Lipinski definition) is 7. The molecule has 0 rings (SSSR count). The summed E-state index contributed by atoms with van der Waals surface area (Å²) in [5, 5.41) is 48.0. The number of hydrogen-bond acceptors (Lipinski definition) is 7. The Hall–Kier alpha value is -1.33. The van der Waals surface area contributed by atoms with Gasteiger partial charge >= 0.3 is 5.97 Å². The van der Waals surface area contributed by atoms with Crippen molar-refractivity contribution in [1.82, 2.24) is 5.43 Å². The van der Waals surface area contributed by atoms with Gasteiger partial charge in [-0.3, -0.25) is 5.43 Å². The summed E-state index contributed by atoms with van der Waals surface area (Å²) in [7, 11) is 0. The maximum atomic E-state index is 10.3. The zero-order valence-corrected chi connectivity index (χ0v) is 9.28. The van der Waals surface area contributed by atoms with Gasteiger partial charge in [-0.2, -0.15) is 5.10 Å². The third kappa shape index (κ3) is 5.51. The number of aliphatic hydroxyl groups excluding tert-OH is 4. The van der Waals surface area contributed by atoms with Crippen LogP contribution in [0.2, 0.25) is 0 Å². The van der Waals surface area contributed by atoms with Gasteiger partial charge in [0.2, 0.25) is 0 Å². The molecule has 0 aliphatic heterocycles. The van der Waals surface area contributed by atoms with Crippen LogP contribution < -0.4 is 11.2 Å². The van der Waals surface area contributed by atoms with E-state index < -0.39 is 30.4 Å². The number of nitrogens with one attached hydrogen (secondary N) is 1. The van der Waals surface area contributed by atoms with Crippen LogP contribution in [0.15, 0.2) is 5.10 Å². The van der Waals surface area contributed by atoms with E-state index >= 15 is 0 Å². The molecule has 0 radical (unpaired) electrons. The smallest absolute Gasteiger partial charge is 0.335 e. The Labute approximate surface area is 101 Å². The van der Waals surface area contributed by atoms with Crippen LogP contribution >= 0.6 is 12.2 Å². The van der Waals surface area contributed by atoms with Crippen molar-refractivity contribution in [1.29, 1.82) is 0 Å². The van der Waals surface area contributed by atoms with Crippen LogP contribution in [0.25, 0.3) is 0 Å². The molecule has 0 aromatic carbocycles. The fourth-order valence-corrected chi connectivity index (χ4v) is 0.853. The average Bonchev–Trinajstić information content (AvgIpc) is 2.25. The molecular weight excluding hydrogens is 254 g/mol. The van der Waals surface area contributed by atoms with Crippen LogP contribution in [0.3, 0.4) is 0 Å². The molecule has 10 heteroatoms. The maximum absolute atomic E-state index is 10.3. The highest BCUT2D eigenvalue weighted by atomic mass is 32.1. The topological polar surface area (TPSA) is 169 Å². The molecular formula is C7H13N3O6S. The van der Waals surface area contributed by atoms with E-state index in [1.165, 1.54) is 0 Å². The molecule has 0 aliphatic carbocycles. The van der Waals surface area contributed by atoms with Crippen LogP contribution in [-0.2, 0) is 4.79 Å². The molecule has 0 fully saturated rings. The minimum Gasteiger partial charge on any atom is -0.479 e. The van der Waals surface area contributed by atoms with Crippen LogP contribution in [0.4, 0.5) is 0 Å². The molecule has 0 bridgehead atoms.